The van der Waals surface area contributed by atoms with Gasteiger partial charge in [-0.3, -0.25) is 19.2 Å². The topological polar surface area (TPSA) is 84.6 Å². The van der Waals surface area contributed by atoms with Crippen molar-refractivity contribution in [3.8, 4) is 5.69 Å². The summed E-state index contributed by atoms with van der Waals surface area (Å²) >= 11 is 0. The van der Waals surface area contributed by atoms with Gasteiger partial charge >= 0.3 is 0 Å². The zero-order valence-electron chi connectivity index (χ0n) is 17.8. The fraction of sp³-hybridized carbons (Fsp3) is 0.273. The number of hydrogen-bond donors (Lipinski definition) is 0. The van der Waals surface area contributed by atoms with Gasteiger partial charge in [0.05, 0.1) is 11.4 Å². The third kappa shape index (κ3) is 3.34. The quantitative estimate of drug-likeness (QED) is 0.620. The Kier molecular flexibility index (Phi) is 5.01. The van der Waals surface area contributed by atoms with Gasteiger partial charge in [0, 0.05) is 26.8 Å². The Hall–Kier alpha value is -3.33. The highest BCUT2D eigenvalue weighted by Gasteiger charge is 2.48. The van der Waals surface area contributed by atoms with E-state index in [-0.39, 0.29) is 5.69 Å². The average molecular weight is 441 g/mol. The Balaban J connectivity index is 1.90. The molecule has 0 bridgehead atoms. The SMILES string of the molecule is Cc1c(N2C(=O)CS(=O)(=O)[C@H]2c2ccc(N(C)C)cc2)c(=O)n(-c2ccccc2)n1C. The molecule has 0 aliphatic carbocycles. The van der Waals surface area contributed by atoms with Crippen LogP contribution in [0.3, 0.4) is 0 Å². The Labute approximate surface area is 180 Å². The van der Waals surface area contributed by atoms with Gasteiger partial charge in [0.1, 0.15) is 11.4 Å². The van der Waals surface area contributed by atoms with Crippen molar-refractivity contribution in [3.63, 3.8) is 0 Å². The number of carbonyl (C=O) groups is 1. The second-order valence-corrected chi connectivity index (χ2v) is 9.88. The van der Waals surface area contributed by atoms with Gasteiger partial charge in [-0.2, -0.15) is 0 Å². The van der Waals surface area contributed by atoms with E-state index >= 15 is 0 Å². The van der Waals surface area contributed by atoms with Crippen molar-refractivity contribution in [2.45, 2.75) is 12.3 Å². The fourth-order valence-electron chi connectivity index (χ4n) is 3.98. The molecule has 1 saturated heterocycles. The fourth-order valence-corrected chi connectivity index (χ4v) is 5.74. The summed E-state index contributed by atoms with van der Waals surface area (Å²) in [5.74, 6) is -1.24. The Morgan fingerprint density at radius 1 is 0.968 bits per heavy atom. The molecule has 8 nitrogen and oxygen atoms in total. The summed E-state index contributed by atoms with van der Waals surface area (Å²) in [4.78, 5) is 29.4. The molecular weight excluding hydrogens is 416 g/mol. The second kappa shape index (κ2) is 7.42. The van der Waals surface area contributed by atoms with Crippen LogP contribution in [0.15, 0.2) is 59.4 Å². The first kappa shape index (κ1) is 20.9. The van der Waals surface area contributed by atoms with Crippen molar-refractivity contribution in [1.29, 1.82) is 0 Å². The predicted molar refractivity (Wildman–Crippen MR) is 121 cm³/mol. The molecule has 0 spiro atoms. The highest BCUT2D eigenvalue weighted by atomic mass is 32.2. The van der Waals surface area contributed by atoms with E-state index in [0.29, 0.717) is 16.9 Å². The molecule has 1 aromatic heterocycles. The predicted octanol–water partition coefficient (Wildman–Crippen LogP) is 2.01. The molecule has 0 saturated carbocycles. The Bertz CT molecular complexity index is 1310. The number of nitrogens with zero attached hydrogens (tertiary/aromatic N) is 4. The number of amides is 1. The van der Waals surface area contributed by atoms with E-state index in [2.05, 4.69) is 0 Å². The molecule has 0 unspecified atom stereocenters. The van der Waals surface area contributed by atoms with Crippen LogP contribution in [-0.4, -0.2) is 43.5 Å². The Morgan fingerprint density at radius 2 is 1.58 bits per heavy atom. The van der Waals surface area contributed by atoms with E-state index in [9.17, 15) is 18.0 Å². The van der Waals surface area contributed by atoms with Crippen molar-refractivity contribution >= 4 is 27.1 Å². The molecule has 9 heteroatoms. The number of sulfone groups is 1. The van der Waals surface area contributed by atoms with Crippen LogP contribution < -0.4 is 15.4 Å². The minimum absolute atomic E-state index is 0.0825. The van der Waals surface area contributed by atoms with Crippen molar-refractivity contribution in [1.82, 2.24) is 9.36 Å². The largest absolute Gasteiger partial charge is 0.378 e. The summed E-state index contributed by atoms with van der Waals surface area (Å²) in [6, 6.07) is 16.0. The van der Waals surface area contributed by atoms with Crippen LogP contribution in [0.4, 0.5) is 11.4 Å². The maximum atomic E-state index is 13.4. The normalized spacial score (nSPS) is 17.9. The molecule has 1 fully saturated rings. The van der Waals surface area contributed by atoms with E-state index < -0.39 is 32.4 Å². The lowest BCUT2D eigenvalue weighted by molar-refractivity contribution is -0.115. The molecule has 0 radical (unpaired) electrons. The zero-order valence-corrected chi connectivity index (χ0v) is 18.6. The van der Waals surface area contributed by atoms with Crippen LogP contribution >= 0.6 is 0 Å². The number of anilines is 2. The first-order valence-corrected chi connectivity index (χ1v) is 11.5. The highest BCUT2D eigenvalue weighted by molar-refractivity contribution is 7.93. The summed E-state index contributed by atoms with van der Waals surface area (Å²) in [5, 5.41) is -1.24. The lowest BCUT2D eigenvalue weighted by Crippen LogP contribution is -2.34. The van der Waals surface area contributed by atoms with E-state index in [1.165, 1.54) is 4.68 Å². The van der Waals surface area contributed by atoms with Gasteiger partial charge in [0.25, 0.3) is 5.56 Å². The van der Waals surface area contributed by atoms with Crippen molar-refractivity contribution in [3.05, 3.63) is 76.2 Å². The smallest absolute Gasteiger partial charge is 0.295 e. The lowest BCUT2D eigenvalue weighted by atomic mass is 10.1. The van der Waals surface area contributed by atoms with Crippen LogP contribution in [0.25, 0.3) is 5.69 Å². The van der Waals surface area contributed by atoms with Gasteiger partial charge in [0.15, 0.2) is 15.2 Å². The summed E-state index contributed by atoms with van der Waals surface area (Å²) in [6.45, 7) is 1.71. The van der Waals surface area contributed by atoms with Gasteiger partial charge in [-0.05, 0) is 36.8 Å². The van der Waals surface area contributed by atoms with Crippen LogP contribution in [-0.2, 0) is 21.7 Å². The molecule has 0 N–H and O–H groups in total. The van der Waals surface area contributed by atoms with Crippen LogP contribution in [0.2, 0.25) is 0 Å². The van der Waals surface area contributed by atoms with Crippen molar-refractivity contribution < 1.29 is 13.2 Å². The number of benzene rings is 2. The molecule has 4 rings (SSSR count). The molecule has 1 amide bonds. The van der Waals surface area contributed by atoms with E-state index in [1.807, 2.05) is 37.2 Å². The molecule has 1 aliphatic rings. The monoisotopic (exact) mass is 440 g/mol. The molecule has 31 heavy (non-hydrogen) atoms. The van der Waals surface area contributed by atoms with Crippen molar-refractivity contribution in [2.75, 3.05) is 29.6 Å². The second-order valence-electron chi connectivity index (χ2n) is 7.82. The van der Waals surface area contributed by atoms with Crippen LogP contribution in [0.5, 0.6) is 0 Å². The maximum absolute atomic E-state index is 13.4. The van der Waals surface area contributed by atoms with Crippen molar-refractivity contribution in [2.24, 2.45) is 7.05 Å². The third-order valence-corrected chi connectivity index (χ3v) is 7.44. The molecule has 162 valence electrons. The van der Waals surface area contributed by atoms with E-state index in [4.69, 9.17) is 0 Å². The van der Waals surface area contributed by atoms with Crippen LogP contribution in [0.1, 0.15) is 16.6 Å². The van der Waals surface area contributed by atoms with E-state index in [0.717, 1.165) is 10.6 Å². The first-order chi connectivity index (χ1) is 14.6. The van der Waals surface area contributed by atoms with Gasteiger partial charge in [0.2, 0.25) is 5.91 Å². The first-order valence-electron chi connectivity index (χ1n) is 9.78. The Morgan fingerprint density at radius 3 is 2.16 bits per heavy atom. The standard InChI is InChI=1S/C22H24N4O4S/c1-15-20(21(28)26(24(15)4)18-8-6-5-7-9-18)25-19(27)14-31(29,30)22(25)16-10-12-17(13-11-16)23(2)3/h5-13,22H,14H2,1-4H3/t22-/m0/s1. The average Bonchev–Trinajstić information content (AvgIpc) is 3.09. The minimum Gasteiger partial charge on any atom is -0.378 e. The number of aromatic nitrogens is 2. The molecular formula is C22H24N4O4S. The zero-order chi connectivity index (χ0) is 22.5. The van der Waals surface area contributed by atoms with Gasteiger partial charge < -0.3 is 4.90 Å². The third-order valence-electron chi connectivity index (χ3n) is 5.63. The van der Waals surface area contributed by atoms with Gasteiger partial charge in [-0.15, -0.1) is 0 Å². The van der Waals surface area contributed by atoms with E-state index in [1.54, 1.807) is 55.1 Å². The summed E-state index contributed by atoms with van der Waals surface area (Å²) in [6.07, 6.45) is 0. The number of para-hydroxylation sites is 1. The minimum atomic E-state index is -3.82. The molecule has 3 aromatic rings. The lowest BCUT2D eigenvalue weighted by Gasteiger charge is -2.23. The summed E-state index contributed by atoms with van der Waals surface area (Å²) in [7, 11) is 1.67. The van der Waals surface area contributed by atoms with Gasteiger partial charge in [-0.25, -0.2) is 13.1 Å². The number of rotatable bonds is 4. The van der Waals surface area contributed by atoms with Gasteiger partial charge in [-0.1, -0.05) is 30.3 Å². The number of carbonyl (C=O) groups excluding carboxylic acids is 1. The molecule has 2 heterocycles. The van der Waals surface area contributed by atoms with Crippen LogP contribution in [0, 0.1) is 6.92 Å². The summed E-state index contributed by atoms with van der Waals surface area (Å²) < 4.78 is 29.0. The molecule has 1 aliphatic heterocycles. The number of hydrogen-bond acceptors (Lipinski definition) is 5. The molecule has 2 aromatic carbocycles. The maximum Gasteiger partial charge on any atom is 0.295 e. The summed E-state index contributed by atoms with van der Waals surface area (Å²) in [5.41, 5.74) is 2.13. The molecule has 1 atom stereocenters. The highest BCUT2D eigenvalue weighted by Crippen LogP contribution is 2.38.